The molecule has 1 aromatic heterocycles. The number of anilines is 1. The molecule has 112 valence electrons. The molecule has 1 aliphatic rings. The fraction of sp³-hybridized carbons (Fsp3) is 0.615. The zero-order valence-electron chi connectivity index (χ0n) is 12.2. The van der Waals surface area contributed by atoms with Gasteiger partial charge >= 0.3 is 0 Å². The number of nitrogens with one attached hydrogen (secondary N) is 1. The van der Waals surface area contributed by atoms with Gasteiger partial charge in [0.25, 0.3) is 0 Å². The maximum Gasteiger partial charge on any atom is 0.244 e. The molecule has 1 unspecified atom stereocenters. The van der Waals surface area contributed by atoms with E-state index in [0.29, 0.717) is 6.04 Å². The van der Waals surface area contributed by atoms with E-state index in [1.165, 1.54) is 37.4 Å². The summed E-state index contributed by atoms with van der Waals surface area (Å²) in [5.41, 5.74) is 0. The van der Waals surface area contributed by atoms with E-state index in [2.05, 4.69) is 15.2 Å². The van der Waals surface area contributed by atoms with Crippen LogP contribution in [0, 0.1) is 0 Å². The molecule has 1 atom stereocenters. The third-order valence-corrected chi connectivity index (χ3v) is 5.35. The average Bonchev–Trinajstić information content (AvgIpc) is 2.91. The van der Waals surface area contributed by atoms with Crippen molar-refractivity contribution in [3.05, 3.63) is 18.3 Å². The lowest BCUT2D eigenvalue weighted by atomic mass is 10.2. The third-order valence-electron chi connectivity index (χ3n) is 3.55. The first-order valence-electron chi connectivity index (χ1n) is 6.74. The summed E-state index contributed by atoms with van der Waals surface area (Å²) in [7, 11) is 1.60. The second-order valence-corrected chi connectivity index (χ2v) is 7.47. The van der Waals surface area contributed by atoms with E-state index in [9.17, 15) is 8.42 Å². The third kappa shape index (κ3) is 3.28. The van der Waals surface area contributed by atoms with E-state index in [1.54, 1.807) is 12.1 Å². The smallest absolute Gasteiger partial charge is 0.244 e. The topological polar surface area (TPSA) is 65.5 Å². The maximum absolute atomic E-state index is 12.0. The Morgan fingerprint density at radius 2 is 2.10 bits per heavy atom. The number of nitrogens with zero attached hydrogens (tertiary/aromatic N) is 3. The highest BCUT2D eigenvalue weighted by Gasteiger charge is 2.19. The zero-order valence-corrected chi connectivity index (χ0v) is 13.0. The highest BCUT2D eigenvalue weighted by molar-refractivity contribution is 7.89. The number of hydrogen-bond donors (Lipinski definition) is 1. The van der Waals surface area contributed by atoms with Crippen LogP contribution in [0.4, 0.5) is 5.82 Å². The first-order chi connectivity index (χ1) is 9.41. The molecule has 1 aromatic rings. The summed E-state index contributed by atoms with van der Waals surface area (Å²) in [5.74, 6) is 0.788. The number of rotatable bonds is 5. The molecule has 0 saturated carbocycles. The van der Waals surface area contributed by atoms with Crippen molar-refractivity contribution in [1.82, 2.24) is 14.6 Å². The van der Waals surface area contributed by atoms with Crippen molar-refractivity contribution >= 4 is 15.8 Å². The molecule has 6 nitrogen and oxygen atoms in total. The monoisotopic (exact) mass is 298 g/mol. The van der Waals surface area contributed by atoms with Crippen molar-refractivity contribution in [1.29, 1.82) is 0 Å². The molecule has 1 aliphatic heterocycles. The maximum atomic E-state index is 12.0. The molecular formula is C13H22N4O2S. The normalized spacial score (nSPS) is 19.5. The molecule has 2 rings (SSSR count). The molecule has 0 radical (unpaired) electrons. The summed E-state index contributed by atoms with van der Waals surface area (Å²) in [4.78, 5) is 6.53. The van der Waals surface area contributed by atoms with E-state index < -0.39 is 10.0 Å². The van der Waals surface area contributed by atoms with Crippen molar-refractivity contribution in [3.8, 4) is 0 Å². The first-order valence-corrected chi connectivity index (χ1v) is 8.18. The summed E-state index contributed by atoms with van der Waals surface area (Å²) in [6.07, 6.45) is 3.81. The van der Waals surface area contributed by atoms with Crippen molar-refractivity contribution in [3.63, 3.8) is 0 Å². The van der Waals surface area contributed by atoms with E-state index >= 15 is 0 Å². The Kier molecular flexibility index (Phi) is 4.62. The second-order valence-electron chi connectivity index (χ2n) is 5.31. The molecule has 2 heterocycles. The molecule has 0 spiro atoms. The Labute approximate surface area is 120 Å². The van der Waals surface area contributed by atoms with Gasteiger partial charge in [-0.3, -0.25) is 0 Å². The van der Waals surface area contributed by atoms with Crippen LogP contribution < -0.4 is 10.2 Å². The highest BCUT2D eigenvalue weighted by atomic mass is 32.2. The van der Waals surface area contributed by atoms with Crippen molar-refractivity contribution in [2.45, 2.75) is 23.8 Å². The fourth-order valence-corrected chi connectivity index (χ4v) is 3.15. The Hall–Kier alpha value is -1.18. The minimum atomic E-state index is -3.40. The summed E-state index contributed by atoms with van der Waals surface area (Å²) < 4.78 is 25.1. The molecule has 0 aromatic carbocycles. The molecule has 1 fully saturated rings. The highest BCUT2D eigenvalue weighted by Crippen LogP contribution is 2.17. The summed E-state index contributed by atoms with van der Waals surface area (Å²) in [6.45, 7) is 1.96. The van der Waals surface area contributed by atoms with Gasteiger partial charge < -0.3 is 10.2 Å². The molecule has 0 amide bonds. The fourth-order valence-electron chi connectivity index (χ4n) is 2.30. The van der Waals surface area contributed by atoms with E-state index in [0.717, 1.165) is 18.9 Å². The summed E-state index contributed by atoms with van der Waals surface area (Å²) in [6, 6.07) is 3.86. The van der Waals surface area contributed by atoms with Crippen LogP contribution in [-0.2, 0) is 10.0 Å². The van der Waals surface area contributed by atoms with Crippen LogP contribution in [0.3, 0.4) is 0 Å². The SMILES string of the molecule is CN(CC1CCCN1)c1ccc(S(=O)(=O)N(C)C)cn1. The van der Waals surface area contributed by atoms with Crippen LogP contribution in [-0.4, -0.2) is 58.0 Å². The Bertz CT molecular complexity index is 536. The van der Waals surface area contributed by atoms with E-state index in [4.69, 9.17) is 0 Å². The number of sulfonamides is 1. The minimum absolute atomic E-state index is 0.221. The number of likely N-dealkylation sites (N-methyl/N-ethyl adjacent to an activating group) is 1. The molecule has 0 bridgehead atoms. The van der Waals surface area contributed by atoms with Crippen LogP contribution in [0.5, 0.6) is 0 Å². The van der Waals surface area contributed by atoms with Crippen molar-refractivity contribution in [2.75, 3.05) is 39.1 Å². The number of pyridine rings is 1. The second kappa shape index (κ2) is 6.07. The lowest BCUT2D eigenvalue weighted by Gasteiger charge is -2.22. The largest absolute Gasteiger partial charge is 0.358 e. The minimum Gasteiger partial charge on any atom is -0.358 e. The summed E-state index contributed by atoms with van der Waals surface area (Å²) in [5, 5.41) is 3.44. The molecule has 1 N–H and O–H groups in total. The van der Waals surface area contributed by atoms with Crippen LogP contribution in [0.2, 0.25) is 0 Å². The molecule has 7 heteroatoms. The predicted octanol–water partition coefficient (Wildman–Crippen LogP) is 0.520. The molecule has 20 heavy (non-hydrogen) atoms. The standard InChI is InChI=1S/C13H22N4O2S/c1-16(2)20(18,19)12-6-7-13(15-9-12)17(3)10-11-5-4-8-14-11/h6-7,9,11,14H,4-5,8,10H2,1-3H3. The van der Waals surface area contributed by atoms with Crippen molar-refractivity contribution < 1.29 is 8.42 Å². The van der Waals surface area contributed by atoms with Crippen molar-refractivity contribution in [2.24, 2.45) is 0 Å². The Balaban J connectivity index is 2.07. The van der Waals surface area contributed by atoms with Gasteiger partial charge in [0.05, 0.1) is 0 Å². The molecule has 1 saturated heterocycles. The molecular weight excluding hydrogens is 276 g/mol. The van der Waals surface area contributed by atoms with Crippen LogP contribution >= 0.6 is 0 Å². The van der Waals surface area contributed by atoms with Gasteiger partial charge in [-0.1, -0.05) is 0 Å². The van der Waals surface area contributed by atoms with Gasteiger partial charge in [0, 0.05) is 39.9 Å². The first kappa shape index (κ1) is 15.2. The van der Waals surface area contributed by atoms with Gasteiger partial charge in [-0.25, -0.2) is 17.7 Å². The lowest BCUT2D eigenvalue weighted by Crippen LogP contribution is -2.35. The zero-order chi connectivity index (χ0) is 14.8. The van der Waals surface area contributed by atoms with Gasteiger partial charge in [-0.05, 0) is 31.5 Å². The van der Waals surface area contributed by atoms with Gasteiger partial charge in [-0.2, -0.15) is 0 Å². The summed E-state index contributed by atoms with van der Waals surface area (Å²) >= 11 is 0. The van der Waals surface area contributed by atoms with Crippen LogP contribution in [0.25, 0.3) is 0 Å². The van der Waals surface area contributed by atoms with Crippen LogP contribution in [0.15, 0.2) is 23.2 Å². The molecule has 0 aliphatic carbocycles. The number of aromatic nitrogens is 1. The Morgan fingerprint density at radius 1 is 1.35 bits per heavy atom. The van der Waals surface area contributed by atoms with Gasteiger partial charge in [0.1, 0.15) is 10.7 Å². The van der Waals surface area contributed by atoms with E-state index in [-0.39, 0.29) is 4.90 Å². The van der Waals surface area contributed by atoms with Gasteiger partial charge in [0.15, 0.2) is 0 Å². The number of hydrogen-bond acceptors (Lipinski definition) is 5. The predicted molar refractivity (Wildman–Crippen MR) is 79.4 cm³/mol. The van der Waals surface area contributed by atoms with Gasteiger partial charge in [-0.15, -0.1) is 0 Å². The Morgan fingerprint density at radius 3 is 2.60 bits per heavy atom. The van der Waals surface area contributed by atoms with Crippen LogP contribution in [0.1, 0.15) is 12.8 Å². The average molecular weight is 298 g/mol. The quantitative estimate of drug-likeness (QED) is 0.858. The van der Waals surface area contributed by atoms with E-state index in [1.807, 2.05) is 7.05 Å². The lowest BCUT2D eigenvalue weighted by molar-refractivity contribution is 0.520. The van der Waals surface area contributed by atoms with Gasteiger partial charge in [0.2, 0.25) is 10.0 Å².